The maximum atomic E-state index is 13.8. The Morgan fingerprint density at radius 2 is 0.545 bits per heavy atom. The van der Waals surface area contributed by atoms with E-state index in [1.54, 1.807) is 0 Å². The van der Waals surface area contributed by atoms with Gasteiger partial charge in [0.1, 0.15) is 0 Å². The molecule has 0 N–H and O–H groups in total. The van der Waals surface area contributed by atoms with E-state index < -0.39 is 93.6 Å². The average molecular weight is 716 g/mol. The highest BCUT2D eigenvalue weighted by atomic mass is 19.4. The van der Waals surface area contributed by atoms with Crippen LogP contribution in [0.3, 0.4) is 0 Å². The fourth-order valence-electron chi connectivity index (χ4n) is 3.08. The average Bonchev–Trinajstić information content (AvgIpc) is 2.91. The van der Waals surface area contributed by atoms with Crippen LogP contribution >= 0.6 is 0 Å². The molecular formula is C14F24N2O4. The van der Waals surface area contributed by atoms with Gasteiger partial charge in [0.05, 0.1) is 0 Å². The van der Waals surface area contributed by atoms with Crippen molar-refractivity contribution in [3.8, 4) is 0 Å². The quantitative estimate of drug-likeness (QED) is 0.146. The summed E-state index contributed by atoms with van der Waals surface area (Å²) < 4.78 is 322. The van der Waals surface area contributed by atoms with Crippen LogP contribution in [-0.4, -0.2) is 93.6 Å². The molecule has 0 atom stereocenters. The molecule has 0 radical (unpaired) electrons. The molecule has 0 bridgehead atoms. The number of hydrogen-bond donors (Lipinski definition) is 0. The number of carbonyl (C=O) groups is 2. The second-order valence-corrected chi connectivity index (χ2v) is 8.11. The lowest BCUT2D eigenvalue weighted by atomic mass is 10.2. The van der Waals surface area contributed by atoms with E-state index in [0.717, 1.165) is 0 Å². The maximum absolute atomic E-state index is 13.8. The second kappa shape index (κ2) is 8.91. The first-order valence-electron chi connectivity index (χ1n) is 9.36. The van der Waals surface area contributed by atoms with Crippen LogP contribution in [0.25, 0.3) is 0 Å². The van der Waals surface area contributed by atoms with Crippen LogP contribution in [0.2, 0.25) is 0 Å². The molecule has 0 spiro atoms. The van der Waals surface area contributed by atoms with Crippen LogP contribution in [0.1, 0.15) is 0 Å². The van der Waals surface area contributed by atoms with E-state index in [1.807, 2.05) is 9.78 Å². The van der Waals surface area contributed by atoms with Gasteiger partial charge < -0.3 is 0 Å². The van der Waals surface area contributed by atoms with Crippen molar-refractivity contribution in [2.24, 2.45) is 0 Å². The SMILES string of the molecule is O=C(OOC(=O)C(F)(F)C(F)(F)N1C(F)(F)C(F)(F)C(F)(F)C1(F)F)C(F)(F)C(F)(F)N1C(F)(F)C(F)(F)C(F)(F)C1(F)F. The van der Waals surface area contributed by atoms with Gasteiger partial charge in [-0.3, -0.25) is 0 Å². The van der Waals surface area contributed by atoms with Crippen LogP contribution in [-0.2, 0) is 19.4 Å². The van der Waals surface area contributed by atoms with Crippen molar-refractivity contribution in [1.82, 2.24) is 9.80 Å². The van der Waals surface area contributed by atoms with Crippen molar-refractivity contribution in [2.75, 3.05) is 0 Å². The lowest BCUT2D eigenvalue weighted by Gasteiger charge is -2.37. The minimum Gasteiger partial charge on any atom is -0.240 e. The van der Waals surface area contributed by atoms with Gasteiger partial charge in [0.15, 0.2) is 0 Å². The van der Waals surface area contributed by atoms with Gasteiger partial charge in [-0.15, -0.1) is 9.80 Å². The van der Waals surface area contributed by atoms with E-state index in [2.05, 4.69) is 0 Å². The van der Waals surface area contributed by atoms with E-state index in [-0.39, 0.29) is 0 Å². The molecule has 6 nitrogen and oxygen atoms in total. The van der Waals surface area contributed by atoms with Crippen molar-refractivity contribution in [1.29, 1.82) is 0 Å². The molecule has 2 aliphatic rings. The van der Waals surface area contributed by atoms with Gasteiger partial charge in [-0.2, -0.15) is 105 Å². The van der Waals surface area contributed by atoms with Crippen LogP contribution in [0.15, 0.2) is 0 Å². The first-order chi connectivity index (χ1) is 18.8. The predicted molar refractivity (Wildman–Crippen MR) is 75.2 cm³/mol. The van der Waals surface area contributed by atoms with Gasteiger partial charge in [0.25, 0.3) is 0 Å². The Balaban J connectivity index is 2.44. The summed E-state index contributed by atoms with van der Waals surface area (Å²) in [5.41, 5.74) is 0. The lowest BCUT2D eigenvalue weighted by molar-refractivity contribution is -0.414. The van der Waals surface area contributed by atoms with Crippen LogP contribution < -0.4 is 0 Å². The Morgan fingerprint density at radius 1 is 0.386 bits per heavy atom. The molecule has 0 unspecified atom stereocenters. The summed E-state index contributed by atoms with van der Waals surface area (Å²) in [6.45, 7) is 0. The zero-order chi connectivity index (χ0) is 35.7. The highest BCUT2D eigenvalue weighted by Gasteiger charge is 2.99. The molecule has 2 heterocycles. The molecular weight excluding hydrogens is 716 g/mol. The number of rotatable bonds is 6. The molecule has 0 aromatic carbocycles. The molecule has 2 aliphatic heterocycles. The fourth-order valence-corrected chi connectivity index (χ4v) is 3.08. The van der Waals surface area contributed by atoms with E-state index >= 15 is 0 Å². The Bertz CT molecular complexity index is 1070. The topological polar surface area (TPSA) is 59.1 Å². The molecule has 2 fully saturated rings. The van der Waals surface area contributed by atoms with Crippen LogP contribution in [0, 0.1) is 0 Å². The summed E-state index contributed by atoms with van der Waals surface area (Å²) in [5, 5.41) is 0. The number of carbonyl (C=O) groups excluding carboxylic acids is 2. The molecule has 0 aromatic heterocycles. The van der Waals surface area contributed by atoms with Gasteiger partial charge in [0.2, 0.25) is 0 Å². The molecule has 258 valence electrons. The molecule has 44 heavy (non-hydrogen) atoms. The lowest BCUT2D eigenvalue weighted by Crippen LogP contribution is -2.68. The number of likely N-dealkylation sites (tertiary alicyclic amines) is 2. The Hall–Kier alpha value is -2.82. The van der Waals surface area contributed by atoms with E-state index in [4.69, 9.17) is 0 Å². The molecule has 0 amide bonds. The Labute approximate surface area is 219 Å². The van der Waals surface area contributed by atoms with Gasteiger partial charge in [-0.05, 0) is 0 Å². The zero-order valence-corrected chi connectivity index (χ0v) is 18.6. The van der Waals surface area contributed by atoms with E-state index in [9.17, 15) is 115 Å². The smallest absolute Gasteiger partial charge is 0.240 e. The minimum absolute atomic E-state index is 1.97. The first-order valence-corrected chi connectivity index (χ1v) is 9.36. The fraction of sp³-hybridized carbons (Fsp3) is 0.857. The van der Waals surface area contributed by atoms with Crippen molar-refractivity contribution in [3.05, 3.63) is 0 Å². The summed E-state index contributed by atoms with van der Waals surface area (Å²) in [4.78, 5) is 17.3. The predicted octanol–water partition coefficient (Wildman–Crippen LogP) is 5.99. The van der Waals surface area contributed by atoms with Gasteiger partial charge in [0, 0.05) is 0 Å². The monoisotopic (exact) mass is 716 g/mol. The van der Waals surface area contributed by atoms with Crippen molar-refractivity contribution in [2.45, 2.75) is 71.8 Å². The summed E-state index contributed by atoms with van der Waals surface area (Å²) in [7, 11) is 0. The molecule has 0 saturated carbocycles. The van der Waals surface area contributed by atoms with Crippen molar-refractivity contribution >= 4 is 11.9 Å². The zero-order valence-electron chi connectivity index (χ0n) is 18.6. The number of halogens is 24. The molecule has 0 aliphatic carbocycles. The normalized spacial score (nSPS) is 27.2. The third-order valence-corrected chi connectivity index (χ3v) is 5.45. The van der Waals surface area contributed by atoms with Crippen molar-refractivity contribution < 1.29 is 125 Å². The third-order valence-electron chi connectivity index (χ3n) is 5.45. The maximum Gasteiger partial charge on any atom is 0.432 e. The molecule has 2 rings (SSSR count). The minimum atomic E-state index is -8.14. The first kappa shape index (κ1) is 37.4. The molecule has 0 aromatic rings. The van der Waals surface area contributed by atoms with Crippen LogP contribution in [0.5, 0.6) is 0 Å². The highest BCUT2D eigenvalue weighted by Crippen LogP contribution is 2.68. The summed E-state index contributed by atoms with van der Waals surface area (Å²) in [6.07, 6.45) is 0. The van der Waals surface area contributed by atoms with Gasteiger partial charge in [-0.25, -0.2) is 19.4 Å². The number of alkyl halides is 24. The van der Waals surface area contributed by atoms with Gasteiger partial charge in [-0.1, -0.05) is 0 Å². The number of nitrogens with zero attached hydrogens (tertiary/aromatic N) is 2. The Kier molecular flexibility index (Phi) is 7.57. The summed E-state index contributed by atoms with van der Waals surface area (Å²) in [5.74, 6) is -56.3. The van der Waals surface area contributed by atoms with E-state index in [0.29, 0.717) is 0 Å². The van der Waals surface area contributed by atoms with Crippen molar-refractivity contribution in [3.63, 3.8) is 0 Å². The second-order valence-electron chi connectivity index (χ2n) is 8.11. The summed E-state index contributed by atoms with van der Waals surface area (Å²) in [6, 6.07) is -47.5. The van der Waals surface area contributed by atoms with Gasteiger partial charge >= 0.3 is 83.8 Å². The third kappa shape index (κ3) is 3.83. The molecule has 30 heteroatoms. The highest BCUT2D eigenvalue weighted by molar-refractivity contribution is 5.82. The van der Waals surface area contributed by atoms with E-state index in [1.165, 1.54) is 0 Å². The summed E-state index contributed by atoms with van der Waals surface area (Å²) >= 11 is 0. The standard InChI is InChI=1S/C14F24N2O4/c15-3(16,9(27,28)39-11(31,32)5(19,20)6(21,22)12(39,33)34)1(41)43-44-2(42)4(17,18)10(29,30)40-13(35,36)7(23,24)8(25,26)14(40,37)38. The van der Waals surface area contributed by atoms with Crippen LogP contribution in [0.4, 0.5) is 105 Å². The number of hydrogen-bond acceptors (Lipinski definition) is 6. The molecule has 2 saturated heterocycles. The largest absolute Gasteiger partial charge is 0.432 e. The Morgan fingerprint density at radius 3 is 0.705 bits per heavy atom.